The quantitative estimate of drug-likeness (QED) is 0.252. The highest BCUT2D eigenvalue weighted by atomic mass is 32.2. The number of aliphatic imine (C=N–C) groups is 2. The van der Waals surface area contributed by atoms with Crippen LogP contribution < -0.4 is 10.6 Å². The lowest BCUT2D eigenvalue weighted by Gasteiger charge is -1.99. The van der Waals surface area contributed by atoms with Gasteiger partial charge in [0.2, 0.25) is 0 Å². The van der Waals surface area contributed by atoms with Gasteiger partial charge in [0.25, 0.3) is 0 Å². The van der Waals surface area contributed by atoms with Gasteiger partial charge in [-0.3, -0.25) is 20.6 Å². The maximum Gasteiger partial charge on any atom is 0.183 e. The minimum Gasteiger partial charge on any atom is -0.272 e. The zero-order valence-electron chi connectivity index (χ0n) is 9.02. The Bertz CT molecular complexity index is 303. The summed E-state index contributed by atoms with van der Waals surface area (Å²) in [5, 5.41) is 22.8. The van der Waals surface area contributed by atoms with Crippen LogP contribution >= 0.6 is 23.5 Å². The second-order valence-corrected chi connectivity index (χ2v) is 3.85. The van der Waals surface area contributed by atoms with Crippen molar-refractivity contribution in [2.45, 2.75) is 0 Å². The number of nitrogens with one attached hydrogen (secondary N) is 2. The van der Waals surface area contributed by atoms with E-state index in [0.29, 0.717) is 23.4 Å². The average Bonchev–Trinajstić information content (AvgIpc) is 2.31. The van der Waals surface area contributed by atoms with E-state index in [2.05, 4.69) is 20.6 Å². The van der Waals surface area contributed by atoms with Crippen molar-refractivity contribution in [2.75, 3.05) is 25.6 Å². The Hall–Kier alpha value is -1.38. The van der Waals surface area contributed by atoms with Crippen molar-refractivity contribution in [3.63, 3.8) is 0 Å². The summed E-state index contributed by atoms with van der Waals surface area (Å²) in [6.07, 6.45) is 7.27. The fourth-order valence-electron chi connectivity index (χ4n) is 0.709. The monoisotopic (exact) mass is 256 g/mol. The number of nitriles is 2. The molecule has 86 valence electrons. The highest BCUT2D eigenvalue weighted by molar-refractivity contribution is 8.13. The van der Waals surface area contributed by atoms with Gasteiger partial charge in [-0.2, -0.15) is 10.5 Å². The Morgan fingerprint density at radius 2 is 1.38 bits per heavy atom. The van der Waals surface area contributed by atoms with Crippen LogP contribution in [0.1, 0.15) is 0 Å². The van der Waals surface area contributed by atoms with Gasteiger partial charge in [-0.1, -0.05) is 23.5 Å². The summed E-state index contributed by atoms with van der Waals surface area (Å²) in [6, 6.07) is 0. The summed E-state index contributed by atoms with van der Waals surface area (Å²) in [5.41, 5.74) is 0. The zero-order valence-corrected chi connectivity index (χ0v) is 10.7. The Labute approximate surface area is 103 Å². The lowest BCUT2D eigenvalue weighted by atomic mass is 10.7. The largest absolute Gasteiger partial charge is 0.272 e. The van der Waals surface area contributed by atoms with Gasteiger partial charge < -0.3 is 0 Å². The molecule has 0 atom stereocenters. The normalized spacial score (nSPS) is 11.5. The van der Waals surface area contributed by atoms with Crippen molar-refractivity contribution >= 4 is 33.9 Å². The predicted molar refractivity (Wildman–Crippen MR) is 69.1 cm³/mol. The van der Waals surface area contributed by atoms with Gasteiger partial charge in [-0.25, -0.2) is 0 Å². The maximum absolute atomic E-state index is 8.39. The first-order valence-electron chi connectivity index (χ1n) is 4.25. The molecule has 0 rings (SSSR count). The van der Waals surface area contributed by atoms with Crippen LogP contribution in [0, 0.1) is 22.9 Å². The Morgan fingerprint density at radius 1 is 1.00 bits per heavy atom. The Morgan fingerprint density at radius 3 is 1.62 bits per heavy atom. The summed E-state index contributed by atoms with van der Waals surface area (Å²) < 4.78 is 0. The van der Waals surface area contributed by atoms with Gasteiger partial charge >= 0.3 is 0 Å². The van der Waals surface area contributed by atoms with Crippen LogP contribution in [-0.4, -0.2) is 35.9 Å². The molecule has 0 saturated carbocycles. The standard InChI is InChI=1S/C8H12N6S2/c1-15-7(13-5-9)11-3-4-12-8(16-2)14-6-10/h3-4H2,1-2H3,(H,11,13)(H,12,14). The first kappa shape index (κ1) is 14.6. The predicted octanol–water partition coefficient (Wildman–Crippen LogP) is 0.566. The van der Waals surface area contributed by atoms with E-state index in [4.69, 9.17) is 10.5 Å². The van der Waals surface area contributed by atoms with E-state index in [1.165, 1.54) is 23.5 Å². The van der Waals surface area contributed by atoms with Crippen LogP contribution in [0.25, 0.3) is 0 Å². The molecule has 0 fully saturated rings. The Balaban J connectivity index is 4.06. The average molecular weight is 256 g/mol. The number of nitrogens with zero attached hydrogens (tertiary/aromatic N) is 4. The molecule has 8 heteroatoms. The molecule has 0 aliphatic carbocycles. The third kappa shape index (κ3) is 6.98. The first-order chi connectivity index (χ1) is 7.78. The van der Waals surface area contributed by atoms with Crippen molar-refractivity contribution in [3.05, 3.63) is 0 Å². The minimum atomic E-state index is 0.474. The molecule has 6 nitrogen and oxygen atoms in total. The van der Waals surface area contributed by atoms with Crippen molar-refractivity contribution in [1.82, 2.24) is 10.6 Å². The van der Waals surface area contributed by atoms with Crippen LogP contribution in [0.5, 0.6) is 0 Å². The molecule has 0 spiro atoms. The smallest absolute Gasteiger partial charge is 0.183 e. The van der Waals surface area contributed by atoms with E-state index in [1.807, 2.05) is 12.5 Å². The highest BCUT2D eigenvalue weighted by Gasteiger charge is 1.95. The fraction of sp³-hybridized carbons (Fsp3) is 0.500. The molecule has 0 aromatic heterocycles. The van der Waals surface area contributed by atoms with Crippen LogP contribution in [0.4, 0.5) is 0 Å². The third-order valence-electron chi connectivity index (χ3n) is 1.32. The molecular formula is C8H12N6S2. The van der Waals surface area contributed by atoms with E-state index < -0.39 is 0 Å². The van der Waals surface area contributed by atoms with Crippen LogP contribution in [0.15, 0.2) is 9.98 Å². The van der Waals surface area contributed by atoms with Crippen molar-refractivity contribution < 1.29 is 0 Å². The van der Waals surface area contributed by atoms with Crippen molar-refractivity contribution in [3.8, 4) is 12.4 Å². The van der Waals surface area contributed by atoms with E-state index >= 15 is 0 Å². The molecule has 16 heavy (non-hydrogen) atoms. The van der Waals surface area contributed by atoms with Gasteiger partial charge in [0.15, 0.2) is 22.7 Å². The van der Waals surface area contributed by atoms with E-state index in [1.54, 1.807) is 12.4 Å². The van der Waals surface area contributed by atoms with Gasteiger partial charge in [0.1, 0.15) is 0 Å². The molecule has 0 aliphatic heterocycles. The lowest BCUT2D eigenvalue weighted by Crippen LogP contribution is -2.16. The second kappa shape index (κ2) is 10.1. The van der Waals surface area contributed by atoms with E-state index in [0.717, 1.165) is 0 Å². The summed E-state index contributed by atoms with van der Waals surface area (Å²) in [5.74, 6) is 0. The SMILES string of the molecule is CSC(=NCCN=C(NC#N)SC)NC#N. The number of thioether (sulfide) groups is 2. The zero-order chi connectivity index (χ0) is 12.2. The van der Waals surface area contributed by atoms with E-state index in [-0.39, 0.29) is 0 Å². The fourth-order valence-corrected chi connectivity index (χ4v) is 1.45. The van der Waals surface area contributed by atoms with Gasteiger partial charge in [-0.05, 0) is 12.5 Å². The molecule has 0 heterocycles. The highest BCUT2D eigenvalue weighted by Crippen LogP contribution is 1.96. The van der Waals surface area contributed by atoms with Crippen molar-refractivity contribution in [1.29, 1.82) is 10.5 Å². The lowest BCUT2D eigenvalue weighted by molar-refractivity contribution is 0.967. The van der Waals surface area contributed by atoms with E-state index in [9.17, 15) is 0 Å². The molecule has 0 aromatic carbocycles. The third-order valence-corrected chi connectivity index (χ3v) is 2.56. The molecule has 0 aliphatic rings. The number of hydrogen-bond acceptors (Lipinski definition) is 6. The summed E-state index contributed by atoms with van der Waals surface area (Å²) >= 11 is 2.73. The number of rotatable bonds is 3. The Kier molecular flexibility index (Phi) is 9.27. The molecule has 0 amide bonds. The van der Waals surface area contributed by atoms with Crippen LogP contribution in [0.3, 0.4) is 0 Å². The minimum absolute atomic E-state index is 0.474. The molecule has 0 unspecified atom stereocenters. The van der Waals surface area contributed by atoms with Gasteiger partial charge in [0.05, 0.1) is 13.1 Å². The second-order valence-electron chi connectivity index (χ2n) is 2.26. The number of amidine groups is 2. The summed E-state index contributed by atoms with van der Waals surface area (Å²) in [4.78, 5) is 8.23. The molecule has 2 N–H and O–H groups in total. The summed E-state index contributed by atoms with van der Waals surface area (Å²) in [6.45, 7) is 0.948. The molecule has 0 bridgehead atoms. The molecule has 0 saturated heterocycles. The van der Waals surface area contributed by atoms with Gasteiger partial charge in [0, 0.05) is 0 Å². The van der Waals surface area contributed by atoms with Crippen molar-refractivity contribution in [2.24, 2.45) is 9.98 Å². The molecular weight excluding hydrogens is 244 g/mol. The van der Waals surface area contributed by atoms with Gasteiger partial charge in [-0.15, -0.1) is 0 Å². The topological polar surface area (TPSA) is 96.4 Å². The van der Waals surface area contributed by atoms with Crippen LogP contribution in [-0.2, 0) is 0 Å². The molecule has 0 radical (unpaired) electrons. The first-order valence-corrected chi connectivity index (χ1v) is 6.70. The van der Waals surface area contributed by atoms with Crippen LogP contribution in [0.2, 0.25) is 0 Å². The molecule has 0 aromatic rings. The summed E-state index contributed by atoms with van der Waals surface area (Å²) in [7, 11) is 0. The number of hydrogen-bond donors (Lipinski definition) is 2. The maximum atomic E-state index is 8.39.